The lowest BCUT2D eigenvalue weighted by atomic mass is 10.1. The minimum absolute atomic E-state index is 0.00742. The van der Waals surface area contributed by atoms with E-state index in [1.54, 1.807) is 18.2 Å². The minimum atomic E-state index is -3.39. The van der Waals surface area contributed by atoms with Gasteiger partial charge in [0.15, 0.2) is 9.84 Å². The van der Waals surface area contributed by atoms with Crippen molar-refractivity contribution >= 4 is 33.0 Å². The second kappa shape index (κ2) is 6.92. The van der Waals surface area contributed by atoms with Crippen LogP contribution in [0.3, 0.4) is 0 Å². The number of sulfone groups is 1. The molecule has 26 heavy (non-hydrogen) atoms. The molecule has 0 bridgehead atoms. The molecule has 0 radical (unpaired) electrons. The van der Waals surface area contributed by atoms with Crippen molar-refractivity contribution in [2.24, 2.45) is 5.92 Å². The van der Waals surface area contributed by atoms with E-state index in [-0.39, 0.29) is 22.3 Å². The van der Waals surface area contributed by atoms with Gasteiger partial charge in [0, 0.05) is 29.1 Å². The lowest BCUT2D eigenvalue weighted by Gasteiger charge is -2.12. The molecule has 0 aliphatic heterocycles. The molecule has 0 heterocycles. The zero-order chi connectivity index (χ0) is 18.9. The smallest absolute Gasteiger partial charge is 0.255 e. The SMILES string of the molecule is Cc1ccc(NC(=O)C2CC2)cc1NC(=O)c1cccc(S(C)(=O)=O)c1. The van der Waals surface area contributed by atoms with E-state index in [1.807, 2.05) is 13.0 Å². The van der Waals surface area contributed by atoms with E-state index in [9.17, 15) is 18.0 Å². The fourth-order valence-electron chi connectivity index (χ4n) is 2.49. The molecular weight excluding hydrogens is 352 g/mol. The normalized spacial score (nSPS) is 13.9. The molecule has 0 spiro atoms. The van der Waals surface area contributed by atoms with E-state index in [4.69, 9.17) is 0 Å². The van der Waals surface area contributed by atoms with Crippen molar-refractivity contribution in [3.8, 4) is 0 Å². The Morgan fingerprint density at radius 2 is 1.77 bits per heavy atom. The summed E-state index contributed by atoms with van der Waals surface area (Å²) in [7, 11) is -3.39. The number of hydrogen-bond acceptors (Lipinski definition) is 4. The maximum Gasteiger partial charge on any atom is 0.255 e. The van der Waals surface area contributed by atoms with Crippen LogP contribution in [0.15, 0.2) is 47.4 Å². The van der Waals surface area contributed by atoms with Crippen LogP contribution in [-0.2, 0) is 14.6 Å². The summed E-state index contributed by atoms with van der Waals surface area (Å²) in [6, 6.07) is 11.2. The van der Waals surface area contributed by atoms with Crippen molar-refractivity contribution in [2.75, 3.05) is 16.9 Å². The molecule has 2 aromatic rings. The highest BCUT2D eigenvalue weighted by Gasteiger charge is 2.29. The standard InChI is InChI=1S/C19H20N2O4S/c1-12-6-9-15(20-18(22)13-7-8-13)11-17(12)21-19(23)14-4-3-5-16(10-14)26(2,24)25/h3-6,9-11,13H,7-8H2,1-2H3,(H,20,22)(H,21,23). The second-order valence-corrected chi connectivity index (χ2v) is 8.56. The maximum atomic E-state index is 12.5. The van der Waals surface area contributed by atoms with Crippen molar-refractivity contribution in [3.63, 3.8) is 0 Å². The fourth-order valence-corrected chi connectivity index (χ4v) is 3.15. The van der Waals surface area contributed by atoms with Crippen LogP contribution in [0.5, 0.6) is 0 Å². The Bertz CT molecular complexity index is 979. The van der Waals surface area contributed by atoms with Crippen LogP contribution < -0.4 is 10.6 Å². The summed E-state index contributed by atoms with van der Waals surface area (Å²) in [5, 5.41) is 5.62. The molecule has 7 heteroatoms. The van der Waals surface area contributed by atoms with Gasteiger partial charge < -0.3 is 10.6 Å². The van der Waals surface area contributed by atoms with Gasteiger partial charge in [-0.2, -0.15) is 0 Å². The van der Waals surface area contributed by atoms with Crippen molar-refractivity contribution in [1.29, 1.82) is 0 Å². The topological polar surface area (TPSA) is 92.3 Å². The summed E-state index contributed by atoms with van der Waals surface area (Å²) in [4.78, 5) is 24.5. The van der Waals surface area contributed by atoms with Crippen molar-refractivity contribution in [1.82, 2.24) is 0 Å². The molecule has 0 saturated heterocycles. The summed E-state index contributed by atoms with van der Waals surface area (Å²) in [5.74, 6) is -0.329. The largest absolute Gasteiger partial charge is 0.326 e. The summed E-state index contributed by atoms with van der Waals surface area (Å²) < 4.78 is 23.3. The molecule has 1 aliphatic rings. The predicted octanol–water partition coefficient (Wildman–Crippen LogP) is 3.00. The van der Waals surface area contributed by atoms with E-state index in [0.717, 1.165) is 24.7 Å². The predicted molar refractivity (Wildman–Crippen MR) is 100 cm³/mol. The van der Waals surface area contributed by atoms with Gasteiger partial charge in [-0.3, -0.25) is 9.59 Å². The maximum absolute atomic E-state index is 12.5. The average molecular weight is 372 g/mol. The van der Waals surface area contributed by atoms with Crippen molar-refractivity contribution in [2.45, 2.75) is 24.7 Å². The number of amides is 2. The number of nitrogens with one attached hydrogen (secondary N) is 2. The third kappa shape index (κ3) is 4.29. The number of carbonyl (C=O) groups is 2. The minimum Gasteiger partial charge on any atom is -0.326 e. The molecule has 0 atom stereocenters. The van der Waals surface area contributed by atoms with Gasteiger partial charge in [-0.1, -0.05) is 12.1 Å². The van der Waals surface area contributed by atoms with E-state index >= 15 is 0 Å². The van der Waals surface area contributed by atoms with Gasteiger partial charge in [0.05, 0.1) is 4.90 Å². The van der Waals surface area contributed by atoms with E-state index in [1.165, 1.54) is 18.2 Å². The third-order valence-corrected chi connectivity index (χ3v) is 5.34. The Kier molecular flexibility index (Phi) is 4.82. The highest BCUT2D eigenvalue weighted by Crippen LogP contribution is 2.31. The number of aryl methyl sites for hydroxylation is 1. The lowest BCUT2D eigenvalue weighted by molar-refractivity contribution is -0.117. The van der Waals surface area contributed by atoms with E-state index in [0.29, 0.717) is 11.4 Å². The summed E-state index contributed by atoms with van der Waals surface area (Å²) >= 11 is 0. The molecule has 0 unspecified atom stereocenters. The Labute approximate surface area is 152 Å². The zero-order valence-electron chi connectivity index (χ0n) is 14.6. The van der Waals surface area contributed by atoms with Gasteiger partial charge in [0.2, 0.25) is 5.91 Å². The third-order valence-electron chi connectivity index (χ3n) is 4.23. The number of rotatable bonds is 5. The lowest BCUT2D eigenvalue weighted by Crippen LogP contribution is -2.15. The Hall–Kier alpha value is -2.67. The molecule has 1 aliphatic carbocycles. The van der Waals surface area contributed by atoms with Crippen LogP contribution in [0.1, 0.15) is 28.8 Å². The fraction of sp³-hybridized carbons (Fsp3) is 0.263. The number of benzene rings is 2. The van der Waals surface area contributed by atoms with Gasteiger partial charge in [0.1, 0.15) is 0 Å². The molecule has 1 fully saturated rings. The number of carbonyl (C=O) groups excluding carboxylic acids is 2. The van der Waals surface area contributed by atoms with Gasteiger partial charge in [-0.15, -0.1) is 0 Å². The van der Waals surface area contributed by atoms with E-state index < -0.39 is 15.7 Å². The van der Waals surface area contributed by atoms with Crippen LogP contribution in [0.25, 0.3) is 0 Å². The van der Waals surface area contributed by atoms with E-state index in [2.05, 4.69) is 10.6 Å². The molecule has 2 N–H and O–H groups in total. The molecule has 3 rings (SSSR count). The Balaban J connectivity index is 1.79. The first-order chi connectivity index (χ1) is 12.2. The zero-order valence-corrected chi connectivity index (χ0v) is 15.4. The monoisotopic (exact) mass is 372 g/mol. The van der Waals surface area contributed by atoms with Crippen LogP contribution in [0, 0.1) is 12.8 Å². The molecule has 0 aromatic heterocycles. The average Bonchev–Trinajstić information content (AvgIpc) is 3.42. The number of hydrogen-bond donors (Lipinski definition) is 2. The van der Waals surface area contributed by atoms with Crippen LogP contribution in [0.2, 0.25) is 0 Å². The first kappa shape index (κ1) is 18.1. The van der Waals surface area contributed by atoms with Gasteiger partial charge in [-0.05, 0) is 55.7 Å². The van der Waals surface area contributed by atoms with Gasteiger partial charge >= 0.3 is 0 Å². The van der Waals surface area contributed by atoms with Gasteiger partial charge in [0.25, 0.3) is 5.91 Å². The molecule has 6 nitrogen and oxygen atoms in total. The number of anilines is 2. The molecule has 2 aromatic carbocycles. The summed E-state index contributed by atoms with van der Waals surface area (Å²) in [6.45, 7) is 1.84. The van der Waals surface area contributed by atoms with Crippen molar-refractivity contribution < 1.29 is 18.0 Å². The highest BCUT2D eigenvalue weighted by molar-refractivity contribution is 7.90. The highest BCUT2D eigenvalue weighted by atomic mass is 32.2. The Morgan fingerprint density at radius 3 is 2.42 bits per heavy atom. The van der Waals surface area contributed by atoms with Crippen LogP contribution in [-0.4, -0.2) is 26.5 Å². The van der Waals surface area contributed by atoms with Gasteiger partial charge in [-0.25, -0.2) is 8.42 Å². The summed E-state index contributed by atoms with van der Waals surface area (Å²) in [6.07, 6.45) is 2.93. The molecule has 136 valence electrons. The molecule has 1 saturated carbocycles. The molecular formula is C19H20N2O4S. The van der Waals surface area contributed by atoms with Crippen LogP contribution in [0.4, 0.5) is 11.4 Å². The quantitative estimate of drug-likeness (QED) is 0.844. The summed E-state index contributed by atoms with van der Waals surface area (Å²) in [5.41, 5.74) is 2.27. The second-order valence-electron chi connectivity index (χ2n) is 6.55. The van der Waals surface area contributed by atoms with Crippen LogP contribution >= 0.6 is 0 Å². The first-order valence-electron chi connectivity index (χ1n) is 8.27. The molecule has 2 amide bonds. The first-order valence-corrected chi connectivity index (χ1v) is 10.2. The Morgan fingerprint density at radius 1 is 1.04 bits per heavy atom. The van der Waals surface area contributed by atoms with Crippen molar-refractivity contribution in [3.05, 3.63) is 53.6 Å².